The van der Waals surface area contributed by atoms with Crippen LogP contribution in [-0.2, 0) is 4.79 Å². The third-order valence-corrected chi connectivity index (χ3v) is 2.07. The fourth-order valence-corrected chi connectivity index (χ4v) is 1.35. The number of carbonyl (C=O) groups excluding carboxylic acids is 1. The molecule has 4 heteroatoms. The van der Waals surface area contributed by atoms with Gasteiger partial charge in [0.05, 0.1) is 14.2 Å². The number of nitrogens with one attached hydrogen (secondary N) is 1. The molecule has 0 fully saturated rings. The Morgan fingerprint density at radius 3 is 2.35 bits per heavy atom. The van der Waals surface area contributed by atoms with E-state index in [1.54, 1.807) is 32.4 Å². The van der Waals surface area contributed by atoms with Gasteiger partial charge in [0.25, 0.3) is 0 Å². The molecule has 1 N–H and O–H groups in total. The van der Waals surface area contributed by atoms with Gasteiger partial charge in [0.1, 0.15) is 0 Å². The molecule has 0 aliphatic carbocycles. The van der Waals surface area contributed by atoms with Gasteiger partial charge in [0.15, 0.2) is 11.5 Å². The maximum absolute atomic E-state index is 11.5. The number of anilines is 1. The Morgan fingerprint density at radius 1 is 1.18 bits per heavy atom. The second-order valence-electron chi connectivity index (χ2n) is 3.78. The van der Waals surface area contributed by atoms with E-state index in [0.717, 1.165) is 5.57 Å². The minimum atomic E-state index is -0.155. The van der Waals surface area contributed by atoms with Gasteiger partial charge in [-0.15, -0.1) is 0 Å². The highest BCUT2D eigenvalue weighted by atomic mass is 16.5. The summed E-state index contributed by atoms with van der Waals surface area (Å²) in [7, 11) is 3.12. The van der Waals surface area contributed by atoms with Crippen LogP contribution >= 0.6 is 0 Å². The van der Waals surface area contributed by atoms with Crippen LogP contribution in [0.2, 0.25) is 0 Å². The molecule has 0 spiro atoms. The number of hydrogen-bond donors (Lipinski definition) is 1. The second kappa shape index (κ2) is 5.94. The Balaban J connectivity index is 2.86. The molecule has 0 bridgehead atoms. The van der Waals surface area contributed by atoms with Crippen molar-refractivity contribution in [2.24, 2.45) is 0 Å². The summed E-state index contributed by atoms with van der Waals surface area (Å²) in [4.78, 5) is 11.5. The molecule has 0 aliphatic heterocycles. The summed E-state index contributed by atoms with van der Waals surface area (Å²) >= 11 is 0. The van der Waals surface area contributed by atoms with Gasteiger partial charge in [-0.05, 0) is 26.0 Å². The number of amides is 1. The number of methoxy groups -OCH3 is 2. The third kappa shape index (κ3) is 3.83. The molecule has 0 unspecified atom stereocenters. The van der Waals surface area contributed by atoms with E-state index in [1.165, 1.54) is 6.08 Å². The van der Waals surface area contributed by atoms with Crippen molar-refractivity contribution in [2.45, 2.75) is 13.8 Å². The average molecular weight is 235 g/mol. The lowest BCUT2D eigenvalue weighted by Gasteiger charge is -2.09. The Hall–Kier alpha value is -1.97. The molecular formula is C13H17NO3. The largest absolute Gasteiger partial charge is 0.493 e. The van der Waals surface area contributed by atoms with Gasteiger partial charge < -0.3 is 14.8 Å². The predicted molar refractivity (Wildman–Crippen MR) is 67.6 cm³/mol. The molecule has 0 aromatic heterocycles. The first-order valence-corrected chi connectivity index (χ1v) is 5.24. The molecule has 1 rings (SSSR count). The molecule has 92 valence electrons. The van der Waals surface area contributed by atoms with Crippen molar-refractivity contribution < 1.29 is 14.3 Å². The van der Waals surface area contributed by atoms with Crippen LogP contribution < -0.4 is 14.8 Å². The van der Waals surface area contributed by atoms with E-state index in [0.29, 0.717) is 17.2 Å². The summed E-state index contributed by atoms with van der Waals surface area (Å²) in [6, 6.07) is 5.23. The lowest BCUT2D eigenvalue weighted by atomic mass is 10.2. The fourth-order valence-electron chi connectivity index (χ4n) is 1.35. The smallest absolute Gasteiger partial charge is 0.248 e. The van der Waals surface area contributed by atoms with Crippen LogP contribution in [-0.4, -0.2) is 20.1 Å². The second-order valence-corrected chi connectivity index (χ2v) is 3.78. The maximum atomic E-state index is 11.5. The van der Waals surface area contributed by atoms with Gasteiger partial charge in [-0.25, -0.2) is 0 Å². The SMILES string of the molecule is COc1ccc(NC(=O)C=C(C)C)cc1OC. The van der Waals surface area contributed by atoms with Crippen molar-refractivity contribution in [3.8, 4) is 11.5 Å². The van der Waals surface area contributed by atoms with Crippen LogP contribution in [0.4, 0.5) is 5.69 Å². The minimum Gasteiger partial charge on any atom is -0.493 e. The van der Waals surface area contributed by atoms with Crippen LogP contribution in [0.3, 0.4) is 0 Å². The number of rotatable bonds is 4. The molecule has 17 heavy (non-hydrogen) atoms. The summed E-state index contributed by atoms with van der Waals surface area (Å²) in [6.07, 6.45) is 1.54. The highest BCUT2D eigenvalue weighted by Crippen LogP contribution is 2.29. The van der Waals surface area contributed by atoms with Gasteiger partial charge in [-0.3, -0.25) is 4.79 Å². The van der Waals surface area contributed by atoms with Crippen LogP contribution in [0.1, 0.15) is 13.8 Å². The van der Waals surface area contributed by atoms with E-state index in [1.807, 2.05) is 13.8 Å². The molecule has 0 saturated carbocycles. The first-order valence-electron chi connectivity index (χ1n) is 5.24. The first kappa shape index (κ1) is 13.1. The molecule has 1 aromatic rings. The highest BCUT2D eigenvalue weighted by Gasteiger charge is 2.05. The summed E-state index contributed by atoms with van der Waals surface area (Å²) in [5.74, 6) is 1.06. The fraction of sp³-hybridized carbons (Fsp3) is 0.308. The van der Waals surface area contributed by atoms with Crippen molar-refractivity contribution in [3.63, 3.8) is 0 Å². The van der Waals surface area contributed by atoms with E-state index in [2.05, 4.69) is 5.32 Å². The van der Waals surface area contributed by atoms with Crippen LogP contribution in [0, 0.1) is 0 Å². The summed E-state index contributed by atoms with van der Waals surface area (Å²) in [5.41, 5.74) is 1.62. The standard InChI is InChI=1S/C13H17NO3/c1-9(2)7-13(15)14-10-5-6-11(16-3)12(8-10)17-4/h5-8H,1-4H3,(H,14,15). The zero-order chi connectivity index (χ0) is 12.8. The van der Waals surface area contributed by atoms with Gasteiger partial charge >= 0.3 is 0 Å². The Morgan fingerprint density at radius 2 is 1.82 bits per heavy atom. The normalized spacial score (nSPS) is 9.41. The first-order chi connectivity index (χ1) is 8.06. The van der Waals surface area contributed by atoms with Crippen LogP contribution in [0.5, 0.6) is 11.5 Å². The van der Waals surface area contributed by atoms with E-state index < -0.39 is 0 Å². The lowest BCUT2D eigenvalue weighted by Crippen LogP contribution is -2.08. The average Bonchev–Trinajstić information content (AvgIpc) is 2.27. The predicted octanol–water partition coefficient (Wildman–Crippen LogP) is 2.61. The van der Waals surface area contributed by atoms with Crippen molar-refractivity contribution in [2.75, 3.05) is 19.5 Å². The minimum absolute atomic E-state index is 0.155. The van der Waals surface area contributed by atoms with E-state index in [-0.39, 0.29) is 5.91 Å². The number of benzene rings is 1. The van der Waals surface area contributed by atoms with E-state index >= 15 is 0 Å². The van der Waals surface area contributed by atoms with Crippen molar-refractivity contribution >= 4 is 11.6 Å². The summed E-state index contributed by atoms with van der Waals surface area (Å²) < 4.78 is 10.3. The van der Waals surface area contributed by atoms with Gasteiger partial charge in [-0.2, -0.15) is 0 Å². The maximum Gasteiger partial charge on any atom is 0.248 e. The molecule has 0 aliphatic rings. The molecule has 1 amide bonds. The number of hydrogen-bond acceptors (Lipinski definition) is 3. The molecular weight excluding hydrogens is 218 g/mol. The Labute approximate surface area is 101 Å². The monoisotopic (exact) mass is 235 g/mol. The van der Waals surface area contributed by atoms with Gasteiger partial charge in [0.2, 0.25) is 5.91 Å². The topological polar surface area (TPSA) is 47.6 Å². The molecule has 4 nitrogen and oxygen atoms in total. The molecule has 0 heterocycles. The molecule has 0 radical (unpaired) electrons. The van der Waals surface area contributed by atoms with Crippen LogP contribution in [0.25, 0.3) is 0 Å². The van der Waals surface area contributed by atoms with Crippen molar-refractivity contribution in [1.29, 1.82) is 0 Å². The van der Waals surface area contributed by atoms with Crippen molar-refractivity contribution in [1.82, 2.24) is 0 Å². The van der Waals surface area contributed by atoms with Gasteiger partial charge in [-0.1, -0.05) is 5.57 Å². The zero-order valence-corrected chi connectivity index (χ0v) is 10.5. The molecule has 0 atom stereocenters. The quantitative estimate of drug-likeness (QED) is 0.816. The van der Waals surface area contributed by atoms with Crippen molar-refractivity contribution in [3.05, 3.63) is 29.8 Å². The lowest BCUT2D eigenvalue weighted by molar-refractivity contribution is -0.111. The van der Waals surface area contributed by atoms with E-state index in [4.69, 9.17) is 9.47 Å². The Kier molecular flexibility index (Phi) is 4.57. The number of allylic oxidation sites excluding steroid dienone is 1. The third-order valence-electron chi connectivity index (χ3n) is 2.07. The zero-order valence-electron chi connectivity index (χ0n) is 10.5. The van der Waals surface area contributed by atoms with Gasteiger partial charge in [0, 0.05) is 17.8 Å². The van der Waals surface area contributed by atoms with Crippen LogP contribution in [0.15, 0.2) is 29.8 Å². The summed E-state index contributed by atoms with van der Waals surface area (Å²) in [5, 5.41) is 2.75. The molecule has 1 aromatic carbocycles. The Bertz CT molecular complexity index is 434. The summed E-state index contributed by atoms with van der Waals surface area (Å²) in [6.45, 7) is 3.74. The molecule has 0 saturated heterocycles. The highest BCUT2D eigenvalue weighted by molar-refractivity contribution is 5.99. The number of carbonyl (C=O) groups is 1. The number of ether oxygens (including phenoxy) is 2. The van der Waals surface area contributed by atoms with E-state index in [9.17, 15) is 4.79 Å².